The number of phosphoric ester groups is 1. The van der Waals surface area contributed by atoms with Crippen molar-refractivity contribution in [1.29, 1.82) is 0 Å². The van der Waals surface area contributed by atoms with Crippen molar-refractivity contribution >= 4 is 19.8 Å². The highest BCUT2D eigenvalue weighted by molar-refractivity contribution is 7.47. The molecule has 0 aromatic carbocycles. The van der Waals surface area contributed by atoms with Gasteiger partial charge in [-0.1, -0.05) is 428 Å². The van der Waals surface area contributed by atoms with E-state index < -0.39 is 26.5 Å². The first-order chi connectivity index (χ1) is 46.8. The summed E-state index contributed by atoms with van der Waals surface area (Å²) in [4.78, 5) is 35.5. The van der Waals surface area contributed by atoms with Crippen molar-refractivity contribution in [3.05, 3.63) is 60.8 Å². The second kappa shape index (κ2) is 80.7. The summed E-state index contributed by atoms with van der Waals surface area (Å²) in [5.41, 5.74) is 5.42. The molecule has 0 saturated carbocycles. The van der Waals surface area contributed by atoms with Crippen LogP contribution in [0.4, 0.5) is 0 Å². The Morgan fingerprint density at radius 2 is 0.579 bits per heavy atom. The fourth-order valence-corrected chi connectivity index (χ4v) is 13.6. The summed E-state index contributed by atoms with van der Waals surface area (Å²) < 4.78 is 33.3. The summed E-state index contributed by atoms with van der Waals surface area (Å²) in [6, 6.07) is 0. The van der Waals surface area contributed by atoms with Crippen LogP contribution in [-0.4, -0.2) is 49.3 Å². The molecule has 0 radical (unpaired) electrons. The van der Waals surface area contributed by atoms with Gasteiger partial charge in [-0.15, -0.1) is 0 Å². The van der Waals surface area contributed by atoms with E-state index in [2.05, 4.69) is 74.6 Å². The van der Waals surface area contributed by atoms with Gasteiger partial charge in [0.15, 0.2) is 6.10 Å². The minimum absolute atomic E-state index is 0.0557. The molecule has 2 unspecified atom stereocenters. The molecule has 10 heteroatoms. The molecular formula is C85H160NO8P. The Balaban J connectivity index is 3.73. The Morgan fingerprint density at radius 3 is 0.863 bits per heavy atom. The molecule has 3 N–H and O–H groups in total. The predicted octanol–water partition coefficient (Wildman–Crippen LogP) is 28.1. The topological polar surface area (TPSA) is 134 Å². The van der Waals surface area contributed by atoms with Crippen molar-refractivity contribution < 1.29 is 37.6 Å². The molecule has 0 aromatic rings. The van der Waals surface area contributed by atoms with Crippen LogP contribution in [0.25, 0.3) is 0 Å². The van der Waals surface area contributed by atoms with Crippen molar-refractivity contribution in [3.8, 4) is 0 Å². The van der Waals surface area contributed by atoms with Crippen LogP contribution in [0.5, 0.6) is 0 Å². The van der Waals surface area contributed by atoms with Gasteiger partial charge in [0.05, 0.1) is 13.2 Å². The van der Waals surface area contributed by atoms with Crippen LogP contribution >= 0.6 is 7.82 Å². The maximum absolute atomic E-state index is 12.8. The molecule has 0 heterocycles. The molecule has 558 valence electrons. The lowest BCUT2D eigenvalue weighted by Crippen LogP contribution is -2.29. The van der Waals surface area contributed by atoms with Crippen LogP contribution in [-0.2, 0) is 32.7 Å². The number of unbranched alkanes of at least 4 members (excludes halogenated alkanes) is 57. The van der Waals surface area contributed by atoms with Gasteiger partial charge in [0, 0.05) is 19.4 Å². The molecule has 9 nitrogen and oxygen atoms in total. The molecule has 0 saturated heterocycles. The van der Waals surface area contributed by atoms with E-state index in [1.165, 1.54) is 340 Å². The van der Waals surface area contributed by atoms with Gasteiger partial charge in [0.2, 0.25) is 0 Å². The minimum atomic E-state index is -4.40. The molecule has 95 heavy (non-hydrogen) atoms. The van der Waals surface area contributed by atoms with Crippen molar-refractivity contribution in [2.24, 2.45) is 5.73 Å². The molecule has 0 amide bonds. The summed E-state index contributed by atoms with van der Waals surface area (Å²) >= 11 is 0. The van der Waals surface area contributed by atoms with Gasteiger partial charge < -0.3 is 20.1 Å². The fraction of sp³-hybridized carbons (Fsp3) is 0.859. The Labute approximate surface area is 590 Å². The third-order valence-electron chi connectivity index (χ3n) is 18.9. The van der Waals surface area contributed by atoms with Crippen molar-refractivity contribution in [2.75, 3.05) is 26.4 Å². The number of rotatable bonds is 80. The number of phosphoric acid groups is 1. The second-order valence-corrected chi connectivity index (χ2v) is 29.8. The number of ether oxygens (including phenoxy) is 2. The van der Waals surface area contributed by atoms with Gasteiger partial charge in [0.1, 0.15) is 6.61 Å². The molecular weight excluding hydrogens is 1190 g/mol. The van der Waals surface area contributed by atoms with Crippen LogP contribution in [0.15, 0.2) is 60.8 Å². The van der Waals surface area contributed by atoms with Crippen molar-refractivity contribution in [1.82, 2.24) is 0 Å². The summed E-state index contributed by atoms with van der Waals surface area (Å²) in [5.74, 6) is -0.802. The third-order valence-corrected chi connectivity index (χ3v) is 19.9. The third kappa shape index (κ3) is 80.6. The van der Waals surface area contributed by atoms with Crippen molar-refractivity contribution in [2.45, 2.75) is 444 Å². The molecule has 0 bridgehead atoms. The molecule has 0 aromatic heterocycles. The standard InChI is InChI=1S/C85H160NO8P/c1-3-5-7-9-11-13-15-17-19-21-23-25-27-29-31-33-35-37-39-41-43-45-47-49-51-53-55-57-59-61-63-65-67-69-71-73-75-77-84(87)91-81-83(82-93-95(89,90)92-80-79-86)94-85(88)78-76-74-72-70-68-66-64-62-60-58-56-54-52-50-48-46-44-42-40-38-36-34-32-30-28-26-24-22-20-18-16-14-12-10-8-6-4-2/h6,8,12,14,18,20,24,26,30,32,83H,3-5,7,9-11,13,15-17,19,21-23,25,27-29,31,33-82,86H2,1-2H3,(H,89,90)/b8-6-,14-12-,20-18-,26-24-,32-30-. The number of hydrogen-bond acceptors (Lipinski definition) is 8. The lowest BCUT2D eigenvalue weighted by atomic mass is 10.0. The Bertz CT molecular complexity index is 1750. The number of esters is 2. The van der Waals surface area contributed by atoms with Crippen LogP contribution < -0.4 is 5.73 Å². The van der Waals surface area contributed by atoms with Gasteiger partial charge >= 0.3 is 19.8 Å². The van der Waals surface area contributed by atoms with E-state index in [1.54, 1.807) is 0 Å². The summed E-state index contributed by atoms with van der Waals surface area (Å²) in [5, 5.41) is 0. The zero-order valence-electron chi connectivity index (χ0n) is 63.2. The van der Waals surface area contributed by atoms with Gasteiger partial charge in [-0.05, 0) is 57.8 Å². The SMILES string of the molecule is CC/C=C\C/C=C\C/C=C\C/C=C\C/C=C\CCCCCCCCCCCCCCCCCCCCCCCC(=O)OC(COC(=O)CCCCCCCCCCCCCCCCCCCCCCCCCCCCCCCCCCCCCCC)COP(=O)(O)OCCN. The lowest BCUT2D eigenvalue weighted by molar-refractivity contribution is -0.161. The van der Waals surface area contributed by atoms with Gasteiger partial charge in [-0.3, -0.25) is 18.6 Å². The zero-order chi connectivity index (χ0) is 68.6. The van der Waals surface area contributed by atoms with E-state index in [-0.39, 0.29) is 38.6 Å². The quantitative estimate of drug-likeness (QED) is 0.0264. The largest absolute Gasteiger partial charge is 0.472 e. The van der Waals surface area contributed by atoms with Crippen molar-refractivity contribution in [3.63, 3.8) is 0 Å². The summed E-state index contributed by atoms with van der Waals surface area (Å²) in [7, 11) is -4.40. The number of carbonyl (C=O) groups is 2. The van der Waals surface area contributed by atoms with E-state index in [0.717, 1.165) is 64.2 Å². The first kappa shape index (κ1) is 92.7. The number of nitrogens with two attached hydrogens (primary N) is 1. The highest BCUT2D eigenvalue weighted by Gasteiger charge is 2.26. The maximum Gasteiger partial charge on any atom is 0.472 e. The van der Waals surface area contributed by atoms with Crippen LogP contribution in [0.2, 0.25) is 0 Å². The number of hydrogen-bond donors (Lipinski definition) is 2. The molecule has 2 atom stereocenters. The van der Waals surface area contributed by atoms with E-state index in [4.69, 9.17) is 24.3 Å². The highest BCUT2D eigenvalue weighted by Crippen LogP contribution is 2.43. The Kier molecular flexibility index (Phi) is 78.7. The average molecular weight is 1360 g/mol. The lowest BCUT2D eigenvalue weighted by Gasteiger charge is -2.19. The first-order valence-electron chi connectivity index (χ1n) is 41.8. The van der Waals surface area contributed by atoms with Crippen LogP contribution in [0.1, 0.15) is 438 Å². The smallest absolute Gasteiger partial charge is 0.462 e. The number of allylic oxidation sites excluding steroid dienone is 10. The van der Waals surface area contributed by atoms with Gasteiger partial charge in [-0.2, -0.15) is 0 Å². The minimum Gasteiger partial charge on any atom is -0.462 e. The molecule has 0 rings (SSSR count). The molecule has 0 fully saturated rings. The van der Waals surface area contributed by atoms with E-state index in [1.807, 2.05) is 0 Å². The van der Waals surface area contributed by atoms with Gasteiger partial charge in [-0.25, -0.2) is 4.57 Å². The molecule has 0 aliphatic carbocycles. The normalized spacial score (nSPS) is 13.1. The maximum atomic E-state index is 12.8. The molecule has 0 aliphatic rings. The highest BCUT2D eigenvalue weighted by atomic mass is 31.2. The average Bonchev–Trinajstić information content (AvgIpc) is 2.64. The monoisotopic (exact) mass is 1350 g/mol. The first-order valence-corrected chi connectivity index (χ1v) is 43.3. The van der Waals surface area contributed by atoms with E-state index >= 15 is 0 Å². The summed E-state index contributed by atoms with van der Waals surface area (Å²) in [6.07, 6.45) is 107. The van der Waals surface area contributed by atoms with Gasteiger partial charge in [0.25, 0.3) is 0 Å². The second-order valence-electron chi connectivity index (χ2n) is 28.3. The van der Waals surface area contributed by atoms with Crippen LogP contribution in [0, 0.1) is 0 Å². The van der Waals surface area contributed by atoms with E-state index in [0.29, 0.717) is 6.42 Å². The zero-order valence-corrected chi connectivity index (χ0v) is 64.1. The van der Waals surface area contributed by atoms with Crippen LogP contribution in [0.3, 0.4) is 0 Å². The van der Waals surface area contributed by atoms with E-state index in [9.17, 15) is 19.0 Å². The number of carbonyl (C=O) groups excluding carboxylic acids is 2. The predicted molar refractivity (Wildman–Crippen MR) is 413 cm³/mol. The Morgan fingerprint density at radius 1 is 0.326 bits per heavy atom. The fourth-order valence-electron chi connectivity index (χ4n) is 12.8. The Hall–Kier alpha value is -2.29. The molecule has 0 aliphatic heterocycles. The molecule has 0 spiro atoms. The summed E-state index contributed by atoms with van der Waals surface area (Å²) in [6.45, 7) is 3.72.